The van der Waals surface area contributed by atoms with Crippen LogP contribution in [0.5, 0.6) is 0 Å². The molecule has 0 aliphatic carbocycles. The Morgan fingerprint density at radius 2 is 1.81 bits per heavy atom. The number of ether oxygens (including phenoxy) is 1. The van der Waals surface area contributed by atoms with E-state index in [1.165, 1.54) is 18.6 Å². The van der Waals surface area contributed by atoms with Crippen molar-refractivity contribution in [3.05, 3.63) is 60.4 Å². The number of carbonyl (C=O) groups is 1. The summed E-state index contributed by atoms with van der Waals surface area (Å²) in [5, 5.41) is 2.62. The van der Waals surface area contributed by atoms with Crippen LogP contribution < -0.4 is 10.2 Å². The molecule has 1 aromatic heterocycles. The summed E-state index contributed by atoms with van der Waals surface area (Å²) in [7, 11) is 0. The highest BCUT2D eigenvalue weighted by molar-refractivity contribution is 5.71. The zero-order valence-corrected chi connectivity index (χ0v) is 17.6. The highest BCUT2D eigenvalue weighted by atomic mass is 19.1. The van der Waals surface area contributed by atoms with Gasteiger partial charge in [0.1, 0.15) is 23.6 Å². The normalized spacial score (nSPS) is 18.5. The smallest absolute Gasteiger partial charge is 0.407 e. The molecule has 2 fully saturated rings. The number of halogens is 2. The van der Waals surface area contributed by atoms with Crippen molar-refractivity contribution >= 4 is 11.8 Å². The average molecular weight is 438 g/mol. The third-order valence-electron chi connectivity index (χ3n) is 6.05. The number of alkyl carbamates (subject to hydrolysis) is 1. The van der Waals surface area contributed by atoms with Gasteiger partial charge in [-0.05, 0) is 43.0 Å². The predicted octanol–water partition coefficient (Wildman–Crippen LogP) is 4.59. The molecule has 0 spiro atoms. The van der Waals surface area contributed by atoms with Gasteiger partial charge in [-0.15, -0.1) is 0 Å². The summed E-state index contributed by atoms with van der Waals surface area (Å²) in [6.45, 7) is 2.54. The van der Waals surface area contributed by atoms with Gasteiger partial charge in [-0.1, -0.05) is 18.2 Å². The van der Waals surface area contributed by atoms with E-state index in [2.05, 4.69) is 15.2 Å². The summed E-state index contributed by atoms with van der Waals surface area (Å²) in [6.07, 6.45) is 5.95. The summed E-state index contributed by atoms with van der Waals surface area (Å²) in [6, 6.07) is 9.75. The number of cyclic esters (lactones) is 1. The van der Waals surface area contributed by atoms with Gasteiger partial charge in [0.15, 0.2) is 0 Å². The van der Waals surface area contributed by atoms with E-state index in [0.29, 0.717) is 41.3 Å². The number of amides is 1. The number of aromatic nitrogens is 2. The van der Waals surface area contributed by atoms with Crippen molar-refractivity contribution < 1.29 is 18.3 Å². The molecule has 32 heavy (non-hydrogen) atoms. The van der Waals surface area contributed by atoms with Gasteiger partial charge in [0, 0.05) is 36.6 Å². The van der Waals surface area contributed by atoms with Crippen molar-refractivity contribution in [2.24, 2.45) is 0 Å². The molecule has 2 aromatic carbocycles. The first-order chi connectivity index (χ1) is 15.6. The van der Waals surface area contributed by atoms with Gasteiger partial charge < -0.3 is 19.5 Å². The van der Waals surface area contributed by atoms with Crippen LogP contribution in [0.15, 0.2) is 48.8 Å². The van der Waals surface area contributed by atoms with Crippen LogP contribution in [0, 0.1) is 11.6 Å². The lowest BCUT2D eigenvalue weighted by molar-refractivity contribution is 0.131. The van der Waals surface area contributed by atoms with Gasteiger partial charge in [0.25, 0.3) is 0 Å². The number of nitrogens with zero attached hydrogens (tertiary/aromatic N) is 3. The van der Waals surface area contributed by atoms with Crippen LogP contribution in [0.25, 0.3) is 22.5 Å². The first kappa shape index (κ1) is 20.5. The first-order valence-corrected chi connectivity index (χ1v) is 10.9. The maximum atomic E-state index is 15.1. The second kappa shape index (κ2) is 8.61. The summed E-state index contributed by atoms with van der Waals surface area (Å²) in [5.41, 5.74) is 2.01. The molecule has 5 rings (SSSR count). The molecule has 2 aliphatic rings. The minimum Gasteiger partial charge on any atom is -0.442 e. The Hall–Kier alpha value is -3.42. The number of anilines is 1. The Balaban J connectivity index is 1.38. The third kappa shape index (κ3) is 4.04. The van der Waals surface area contributed by atoms with Gasteiger partial charge in [0.05, 0.1) is 18.8 Å². The van der Waals surface area contributed by atoms with E-state index < -0.39 is 11.9 Å². The molecule has 0 unspecified atom stereocenters. The van der Waals surface area contributed by atoms with Crippen molar-refractivity contribution in [2.75, 3.05) is 24.5 Å². The van der Waals surface area contributed by atoms with Gasteiger partial charge >= 0.3 is 6.09 Å². The second-order valence-electron chi connectivity index (χ2n) is 8.22. The molecule has 8 heteroatoms. The maximum Gasteiger partial charge on any atom is 0.407 e. The first-order valence-electron chi connectivity index (χ1n) is 10.9. The van der Waals surface area contributed by atoms with Gasteiger partial charge in [-0.3, -0.25) is 0 Å². The minimum absolute atomic E-state index is 0.305. The van der Waals surface area contributed by atoms with Crippen molar-refractivity contribution in [1.29, 1.82) is 0 Å². The highest BCUT2D eigenvalue weighted by Crippen LogP contribution is 2.31. The number of hydrogen-bond acceptors (Lipinski definition) is 4. The van der Waals surface area contributed by atoms with E-state index in [1.54, 1.807) is 36.7 Å². The average Bonchev–Trinajstić information content (AvgIpc) is 3.43. The Bertz CT molecular complexity index is 1140. The van der Waals surface area contributed by atoms with Gasteiger partial charge in [-0.2, -0.15) is 0 Å². The van der Waals surface area contributed by atoms with Crippen LogP contribution in [0.2, 0.25) is 0 Å². The molecule has 3 aromatic rings. The molecule has 0 saturated carbocycles. The lowest BCUT2D eigenvalue weighted by Gasteiger charge is -2.29. The quantitative estimate of drug-likeness (QED) is 0.633. The number of benzene rings is 2. The topological polar surface area (TPSA) is 59.4 Å². The Morgan fingerprint density at radius 1 is 1.03 bits per heavy atom. The fourth-order valence-electron chi connectivity index (χ4n) is 4.42. The van der Waals surface area contributed by atoms with Crippen molar-refractivity contribution in [1.82, 2.24) is 14.9 Å². The van der Waals surface area contributed by atoms with E-state index >= 15 is 4.39 Å². The maximum absolute atomic E-state index is 15.1. The lowest BCUT2D eigenvalue weighted by atomic mass is 10.0. The fourth-order valence-corrected chi connectivity index (χ4v) is 4.42. The molecule has 1 atom stereocenters. The Kier molecular flexibility index (Phi) is 5.51. The molecule has 0 bridgehead atoms. The number of carbonyl (C=O) groups excluding carboxylic acids is 1. The molecule has 166 valence electrons. The van der Waals surface area contributed by atoms with E-state index in [4.69, 9.17) is 4.74 Å². The van der Waals surface area contributed by atoms with Crippen molar-refractivity contribution in [3.63, 3.8) is 0 Å². The number of piperidine rings is 1. The number of imidazole rings is 1. The zero-order valence-electron chi connectivity index (χ0n) is 17.6. The predicted molar refractivity (Wildman–Crippen MR) is 117 cm³/mol. The van der Waals surface area contributed by atoms with Crippen molar-refractivity contribution in [2.45, 2.75) is 31.9 Å². The van der Waals surface area contributed by atoms with E-state index in [0.717, 1.165) is 25.9 Å². The van der Waals surface area contributed by atoms with Gasteiger partial charge in [-0.25, -0.2) is 18.6 Å². The van der Waals surface area contributed by atoms with Crippen LogP contribution in [-0.4, -0.2) is 41.4 Å². The van der Waals surface area contributed by atoms with Crippen LogP contribution in [0.4, 0.5) is 19.3 Å². The molecule has 3 heterocycles. The highest BCUT2D eigenvalue weighted by Gasteiger charge is 2.24. The van der Waals surface area contributed by atoms with Crippen LogP contribution in [-0.2, 0) is 11.3 Å². The largest absolute Gasteiger partial charge is 0.442 e. The van der Waals surface area contributed by atoms with Gasteiger partial charge in [0.2, 0.25) is 0 Å². The molecule has 1 amide bonds. The molecular weight excluding hydrogens is 414 g/mol. The third-order valence-corrected chi connectivity index (χ3v) is 6.05. The molecule has 6 nitrogen and oxygen atoms in total. The van der Waals surface area contributed by atoms with E-state index in [-0.39, 0.29) is 11.9 Å². The molecule has 2 saturated heterocycles. The lowest BCUT2D eigenvalue weighted by Crippen LogP contribution is -2.30. The number of nitrogens with one attached hydrogen (secondary N) is 1. The zero-order chi connectivity index (χ0) is 22.1. The number of hydrogen-bond donors (Lipinski definition) is 1. The second-order valence-corrected chi connectivity index (χ2v) is 8.22. The molecule has 2 aliphatic heterocycles. The number of rotatable bonds is 5. The standard InChI is InChI=1S/C24H24F2N4O2/c25-20-13-17(23-27-8-11-30(23)15-18-14-28-24(31)32-18)4-6-19(20)16-5-7-22(21(26)12-16)29-9-2-1-3-10-29/h4-8,11-13,18H,1-3,9-10,14-15H2,(H,28,31)/t18-/m0/s1. The van der Waals surface area contributed by atoms with Crippen molar-refractivity contribution in [3.8, 4) is 22.5 Å². The van der Waals surface area contributed by atoms with E-state index in [9.17, 15) is 9.18 Å². The molecule has 0 radical (unpaired) electrons. The van der Waals surface area contributed by atoms with Crippen LogP contribution in [0.1, 0.15) is 19.3 Å². The summed E-state index contributed by atoms with van der Waals surface area (Å²) in [5.74, 6) is -0.204. The summed E-state index contributed by atoms with van der Waals surface area (Å²) in [4.78, 5) is 17.6. The SMILES string of the molecule is O=C1NC[C@@H](Cn2ccnc2-c2ccc(-c3ccc(N4CCCCC4)c(F)c3)c(F)c2)O1. The van der Waals surface area contributed by atoms with Crippen LogP contribution >= 0.6 is 0 Å². The monoisotopic (exact) mass is 438 g/mol. The van der Waals surface area contributed by atoms with Crippen LogP contribution in [0.3, 0.4) is 0 Å². The van der Waals surface area contributed by atoms with E-state index in [1.807, 2.05) is 4.57 Å². The minimum atomic E-state index is -0.448. The Labute approximate surface area is 184 Å². The summed E-state index contributed by atoms with van der Waals surface area (Å²) >= 11 is 0. The Morgan fingerprint density at radius 3 is 2.53 bits per heavy atom. The fraction of sp³-hybridized carbons (Fsp3) is 0.333. The summed E-state index contributed by atoms with van der Waals surface area (Å²) < 4.78 is 36.9. The molecular formula is C24H24F2N4O2. The molecule has 1 N–H and O–H groups in total.